The van der Waals surface area contributed by atoms with Gasteiger partial charge in [0.25, 0.3) is 5.91 Å². The second-order valence-corrected chi connectivity index (χ2v) is 12.2. The highest BCUT2D eigenvalue weighted by molar-refractivity contribution is 6.15. The van der Waals surface area contributed by atoms with Crippen LogP contribution in [0.1, 0.15) is 82.9 Å². The van der Waals surface area contributed by atoms with E-state index in [1.54, 1.807) is 51.1 Å². The van der Waals surface area contributed by atoms with E-state index in [9.17, 15) is 19.2 Å². The van der Waals surface area contributed by atoms with Crippen molar-refractivity contribution in [3.8, 4) is 0 Å². The number of carbonyl (C=O) groups excluding carboxylic acids is 4. The monoisotopic (exact) mass is 586 g/mol. The summed E-state index contributed by atoms with van der Waals surface area (Å²) in [6.45, 7) is 9.14. The van der Waals surface area contributed by atoms with Crippen LogP contribution >= 0.6 is 0 Å². The normalized spacial score (nSPS) is 18.2. The van der Waals surface area contributed by atoms with E-state index < -0.39 is 29.6 Å². The fraction of sp³-hybridized carbons (Fsp3) is 0.471. The quantitative estimate of drug-likeness (QED) is 0.307. The van der Waals surface area contributed by atoms with Crippen molar-refractivity contribution >= 4 is 40.5 Å². The molecule has 1 heterocycles. The van der Waals surface area contributed by atoms with E-state index in [2.05, 4.69) is 10.8 Å². The molecule has 0 spiro atoms. The highest BCUT2D eigenvalue weighted by atomic mass is 16.7. The molecule has 1 fully saturated rings. The summed E-state index contributed by atoms with van der Waals surface area (Å²) >= 11 is 0. The number of carbonyl (C=O) groups is 3. The van der Waals surface area contributed by atoms with E-state index in [0.717, 1.165) is 43.2 Å². The van der Waals surface area contributed by atoms with Crippen LogP contribution < -0.4 is 15.7 Å². The first kappa shape index (κ1) is 32.0. The Morgan fingerprint density at radius 3 is 2.40 bits per heavy atom. The van der Waals surface area contributed by atoms with E-state index in [0.29, 0.717) is 23.4 Å². The Bertz CT molecular complexity index is 1420. The highest BCUT2D eigenvalue weighted by Gasteiger charge is 2.37. The van der Waals surface area contributed by atoms with Crippen molar-refractivity contribution in [2.24, 2.45) is 10.9 Å². The van der Waals surface area contributed by atoms with Crippen molar-refractivity contribution in [2.75, 3.05) is 11.4 Å². The van der Waals surface area contributed by atoms with E-state index in [1.165, 1.54) is 4.90 Å². The molecular formula is C34H42N4O5. The van der Waals surface area contributed by atoms with Crippen LogP contribution in [0.15, 0.2) is 53.5 Å². The van der Waals surface area contributed by atoms with Gasteiger partial charge < -0.3 is 10.2 Å². The standard InChI is InChI=1S/C34H42N4O5/c1-6-27-25-19-13-14-22(2)30(25)38(20-28(40)24-17-11-8-12-18-24)33(42)31(35-27)36-32(41)29(37-43-34(3,4)5)26(21-39)23-15-9-7-10-16-23/h7,9-10,13-16,19,24,29,31,37H,6,8,11-12,17-18,20H2,1-5H3,(H,36,41)/t29-,31?/m0/s1. The van der Waals surface area contributed by atoms with Gasteiger partial charge in [0.05, 0.1) is 23.4 Å². The number of amides is 2. The van der Waals surface area contributed by atoms with Gasteiger partial charge >= 0.3 is 0 Å². The zero-order valence-corrected chi connectivity index (χ0v) is 25.7. The number of nitrogens with one attached hydrogen (secondary N) is 2. The lowest BCUT2D eigenvalue weighted by Gasteiger charge is -2.30. The summed E-state index contributed by atoms with van der Waals surface area (Å²) in [7, 11) is 0. The van der Waals surface area contributed by atoms with Gasteiger partial charge in [-0.25, -0.2) is 4.79 Å². The molecule has 0 radical (unpaired) electrons. The zero-order valence-electron chi connectivity index (χ0n) is 25.7. The molecular weight excluding hydrogens is 544 g/mol. The SMILES string of the molecule is CCC1=NC(NC(=O)[C@@H](NOC(C)(C)C)C(=C=O)c2ccccc2)C(=O)N(CC(=O)C2CCCCC2)c2c(C)cccc21. The van der Waals surface area contributed by atoms with E-state index in [-0.39, 0.29) is 23.8 Å². The summed E-state index contributed by atoms with van der Waals surface area (Å²) in [4.78, 5) is 65.8. The maximum absolute atomic E-state index is 14.2. The number of benzene rings is 2. The fourth-order valence-corrected chi connectivity index (χ4v) is 5.63. The van der Waals surface area contributed by atoms with Gasteiger partial charge in [-0.1, -0.05) is 74.7 Å². The predicted molar refractivity (Wildman–Crippen MR) is 167 cm³/mol. The lowest BCUT2D eigenvalue weighted by molar-refractivity contribution is -0.134. The molecule has 1 saturated carbocycles. The Hall–Kier alpha value is -3.91. The Labute approximate surface area is 253 Å². The Morgan fingerprint density at radius 1 is 1.07 bits per heavy atom. The molecule has 2 amide bonds. The van der Waals surface area contributed by atoms with E-state index in [4.69, 9.17) is 9.83 Å². The molecule has 2 N–H and O–H groups in total. The molecule has 43 heavy (non-hydrogen) atoms. The number of rotatable bonds is 10. The molecule has 0 aromatic heterocycles. The number of Topliss-reactive ketones (excluding diaryl/α,β-unsaturated/α-hetero) is 1. The van der Waals surface area contributed by atoms with Crippen LogP contribution in [0.25, 0.3) is 5.57 Å². The number of hydroxylamine groups is 1. The molecule has 9 nitrogen and oxygen atoms in total. The lowest BCUT2D eigenvalue weighted by Crippen LogP contribution is -2.54. The zero-order chi connectivity index (χ0) is 31.1. The van der Waals surface area contributed by atoms with Crippen molar-refractivity contribution in [2.45, 2.75) is 91.0 Å². The first-order valence-electron chi connectivity index (χ1n) is 15.1. The smallest absolute Gasteiger partial charge is 0.272 e. The average Bonchev–Trinajstić information content (AvgIpc) is 3.10. The lowest BCUT2D eigenvalue weighted by atomic mass is 9.86. The number of para-hydroxylation sites is 1. The van der Waals surface area contributed by atoms with Gasteiger partial charge in [-0.3, -0.25) is 24.2 Å². The maximum atomic E-state index is 14.2. The van der Waals surface area contributed by atoms with Gasteiger partial charge in [-0.2, -0.15) is 5.48 Å². The van der Waals surface area contributed by atoms with Crippen molar-refractivity contribution in [1.29, 1.82) is 0 Å². The first-order valence-corrected chi connectivity index (χ1v) is 15.1. The number of aliphatic imine (C=N–C) groups is 1. The maximum Gasteiger partial charge on any atom is 0.272 e. The Balaban J connectivity index is 1.71. The predicted octanol–water partition coefficient (Wildman–Crippen LogP) is 4.74. The molecule has 1 aliphatic carbocycles. The number of ketones is 1. The molecule has 228 valence electrons. The third kappa shape index (κ3) is 7.73. The van der Waals surface area contributed by atoms with Crippen LogP contribution in [0.3, 0.4) is 0 Å². The molecule has 2 aromatic rings. The number of hydrogen-bond donors (Lipinski definition) is 2. The third-order valence-electron chi connectivity index (χ3n) is 7.82. The first-order chi connectivity index (χ1) is 20.5. The van der Waals surface area contributed by atoms with Crippen LogP contribution in [0, 0.1) is 12.8 Å². The van der Waals surface area contributed by atoms with Gasteiger partial charge in [0, 0.05) is 17.2 Å². The summed E-state index contributed by atoms with van der Waals surface area (Å²) in [6.07, 6.45) is 3.93. The van der Waals surface area contributed by atoms with Crippen molar-refractivity contribution in [3.05, 3.63) is 65.2 Å². The molecule has 4 rings (SSSR count). The summed E-state index contributed by atoms with van der Waals surface area (Å²) in [6, 6.07) is 13.1. The third-order valence-corrected chi connectivity index (χ3v) is 7.82. The molecule has 0 bridgehead atoms. The topological polar surface area (TPSA) is 117 Å². The van der Waals surface area contributed by atoms with E-state index in [1.807, 2.05) is 38.0 Å². The largest absolute Gasteiger partial charge is 0.325 e. The minimum atomic E-state index is -1.32. The fourth-order valence-electron chi connectivity index (χ4n) is 5.63. The second-order valence-electron chi connectivity index (χ2n) is 12.2. The molecule has 2 atom stereocenters. The number of aryl methyl sites for hydroxylation is 1. The molecule has 2 aromatic carbocycles. The molecule has 2 aliphatic rings. The Morgan fingerprint density at radius 2 is 1.77 bits per heavy atom. The second kappa shape index (κ2) is 14.0. The minimum Gasteiger partial charge on any atom is -0.325 e. The molecule has 0 saturated heterocycles. The molecule has 9 heteroatoms. The van der Waals surface area contributed by atoms with Gasteiger partial charge in [0.2, 0.25) is 12.1 Å². The Kier molecular flexibility index (Phi) is 10.5. The number of hydrogen-bond acceptors (Lipinski definition) is 7. The highest BCUT2D eigenvalue weighted by Crippen LogP contribution is 2.32. The van der Waals surface area contributed by atoms with Crippen LogP contribution in [0.5, 0.6) is 0 Å². The minimum absolute atomic E-state index is 0.0145. The molecule has 1 unspecified atom stereocenters. The van der Waals surface area contributed by atoms with E-state index >= 15 is 0 Å². The number of anilines is 1. The van der Waals surface area contributed by atoms with Crippen molar-refractivity contribution in [1.82, 2.24) is 10.8 Å². The summed E-state index contributed by atoms with van der Waals surface area (Å²) in [5.74, 6) is 0.619. The van der Waals surface area contributed by atoms with Crippen LogP contribution in [-0.2, 0) is 24.0 Å². The molecule has 1 aliphatic heterocycles. The number of fused-ring (bicyclic) bond motifs is 1. The van der Waals surface area contributed by atoms with Crippen LogP contribution in [0.2, 0.25) is 0 Å². The number of nitrogens with zero attached hydrogens (tertiary/aromatic N) is 2. The summed E-state index contributed by atoms with van der Waals surface area (Å²) < 4.78 is 0. The summed E-state index contributed by atoms with van der Waals surface area (Å²) in [5.41, 5.74) is 5.40. The van der Waals surface area contributed by atoms with Gasteiger partial charge in [0.15, 0.2) is 5.78 Å². The van der Waals surface area contributed by atoms with Crippen LogP contribution in [-0.4, -0.2) is 53.6 Å². The van der Waals surface area contributed by atoms with Crippen LogP contribution in [0.4, 0.5) is 5.69 Å². The van der Waals surface area contributed by atoms with Gasteiger partial charge in [0.1, 0.15) is 12.0 Å². The van der Waals surface area contributed by atoms with Gasteiger partial charge in [-0.05, 0) is 58.1 Å². The van der Waals surface area contributed by atoms with Crippen molar-refractivity contribution in [3.63, 3.8) is 0 Å². The average molecular weight is 587 g/mol. The summed E-state index contributed by atoms with van der Waals surface area (Å²) in [5, 5.41) is 2.76. The van der Waals surface area contributed by atoms with Gasteiger partial charge in [-0.15, -0.1) is 0 Å². The van der Waals surface area contributed by atoms with Crippen molar-refractivity contribution < 1.29 is 24.0 Å². The number of benzodiazepines with no additional fused rings is 1.